The van der Waals surface area contributed by atoms with Crippen LogP contribution in [0, 0.1) is 11.7 Å². The van der Waals surface area contributed by atoms with Gasteiger partial charge in [-0.1, -0.05) is 18.2 Å². The summed E-state index contributed by atoms with van der Waals surface area (Å²) in [6.45, 7) is 0.411. The second kappa shape index (κ2) is 10.1. The van der Waals surface area contributed by atoms with Crippen molar-refractivity contribution in [3.63, 3.8) is 0 Å². The molecule has 0 unspecified atom stereocenters. The third kappa shape index (κ3) is 6.30. The highest BCUT2D eigenvalue weighted by Gasteiger charge is 2.47. The molecule has 1 aliphatic carbocycles. The molecule has 0 bridgehead atoms. The fourth-order valence-corrected chi connectivity index (χ4v) is 3.57. The highest BCUT2D eigenvalue weighted by atomic mass is 32.2. The monoisotopic (exact) mass is 524 g/mol. The lowest BCUT2D eigenvalue weighted by Crippen LogP contribution is -2.40. The summed E-state index contributed by atoms with van der Waals surface area (Å²) in [6.07, 6.45) is 4.03. The first kappa shape index (κ1) is 25.4. The summed E-state index contributed by atoms with van der Waals surface area (Å²) >= 11 is 0. The Hall–Kier alpha value is -3.67. The van der Waals surface area contributed by atoms with E-state index in [1.165, 1.54) is 12.8 Å². The average Bonchev–Trinajstić information content (AvgIpc) is 3.66. The molecule has 0 spiro atoms. The van der Waals surface area contributed by atoms with Gasteiger partial charge in [0.1, 0.15) is 18.2 Å². The lowest BCUT2D eigenvalue weighted by atomic mass is 10.1. The minimum atomic E-state index is -5.91. The summed E-state index contributed by atoms with van der Waals surface area (Å²) in [6, 6.07) is 13.4. The molecule has 1 aromatic heterocycles. The number of alkyl halides is 3. The van der Waals surface area contributed by atoms with E-state index in [0.717, 1.165) is 28.0 Å². The SMILES string of the molecule is O=C(NS(=O)(=O)C(F)(F)F)c1ccc(COc2cccc(-c3ccc(OCC4CC4)nc3)c2)c(F)c1. The van der Waals surface area contributed by atoms with Crippen LogP contribution in [0.2, 0.25) is 0 Å². The zero-order chi connectivity index (χ0) is 25.9. The van der Waals surface area contributed by atoms with E-state index in [2.05, 4.69) is 4.98 Å². The molecule has 36 heavy (non-hydrogen) atoms. The van der Waals surface area contributed by atoms with Crippen LogP contribution in [0.4, 0.5) is 17.6 Å². The molecule has 1 amide bonds. The number of benzene rings is 2. The number of sulfonamides is 1. The average molecular weight is 524 g/mol. The Morgan fingerprint density at radius 1 is 1.03 bits per heavy atom. The fraction of sp³-hybridized carbons (Fsp3) is 0.250. The Balaban J connectivity index is 1.38. The molecule has 1 saturated carbocycles. The number of pyridine rings is 1. The zero-order valence-electron chi connectivity index (χ0n) is 18.6. The number of nitrogens with zero attached hydrogens (tertiary/aromatic N) is 1. The molecule has 7 nitrogen and oxygen atoms in total. The van der Waals surface area contributed by atoms with Gasteiger partial charge in [-0.25, -0.2) is 14.1 Å². The molecule has 3 aromatic rings. The second-order valence-corrected chi connectivity index (χ2v) is 9.82. The van der Waals surface area contributed by atoms with Crippen molar-refractivity contribution in [1.82, 2.24) is 9.71 Å². The number of ether oxygens (including phenoxy) is 2. The first-order valence-corrected chi connectivity index (χ1v) is 12.2. The number of carbonyl (C=O) groups excluding carboxylic acids is 1. The molecule has 0 saturated heterocycles. The molecular formula is C24H20F4N2O5S. The van der Waals surface area contributed by atoms with Crippen molar-refractivity contribution < 1.29 is 40.2 Å². The lowest BCUT2D eigenvalue weighted by Gasteiger charge is -2.11. The predicted octanol–water partition coefficient (Wildman–Crippen LogP) is 4.83. The highest BCUT2D eigenvalue weighted by Crippen LogP contribution is 2.30. The number of aromatic nitrogens is 1. The number of nitrogens with one attached hydrogen (secondary N) is 1. The topological polar surface area (TPSA) is 94.6 Å². The van der Waals surface area contributed by atoms with Gasteiger partial charge in [-0.05, 0) is 54.7 Å². The van der Waals surface area contributed by atoms with Crippen LogP contribution in [0.3, 0.4) is 0 Å². The van der Waals surface area contributed by atoms with E-state index in [1.54, 1.807) is 30.5 Å². The molecule has 12 heteroatoms. The van der Waals surface area contributed by atoms with Crippen LogP contribution in [-0.2, 0) is 16.6 Å². The summed E-state index contributed by atoms with van der Waals surface area (Å²) in [5.41, 5.74) is -4.65. The van der Waals surface area contributed by atoms with E-state index in [1.807, 2.05) is 12.1 Å². The second-order valence-electron chi connectivity index (χ2n) is 8.14. The van der Waals surface area contributed by atoms with Crippen molar-refractivity contribution in [3.05, 3.63) is 77.7 Å². The van der Waals surface area contributed by atoms with Crippen LogP contribution < -0.4 is 14.2 Å². The van der Waals surface area contributed by atoms with Crippen LogP contribution >= 0.6 is 0 Å². The molecule has 1 aliphatic rings. The summed E-state index contributed by atoms with van der Waals surface area (Å²) in [7, 11) is -5.91. The van der Waals surface area contributed by atoms with Crippen molar-refractivity contribution in [3.8, 4) is 22.8 Å². The van der Waals surface area contributed by atoms with Gasteiger partial charge in [0.05, 0.1) is 6.61 Å². The first-order valence-electron chi connectivity index (χ1n) is 10.8. The molecule has 190 valence electrons. The standard InChI is InChI=1S/C24H20F4N2O5S/c25-21-11-17(23(31)30-36(32,33)24(26,27)28)6-7-19(21)14-34-20-3-1-2-16(10-20)18-8-9-22(29-12-18)35-13-15-4-5-15/h1-3,6-12,15H,4-5,13-14H2,(H,30,31). The van der Waals surface area contributed by atoms with Gasteiger partial charge in [-0.2, -0.15) is 21.6 Å². The molecule has 1 heterocycles. The van der Waals surface area contributed by atoms with Gasteiger partial charge in [-0.15, -0.1) is 0 Å². The van der Waals surface area contributed by atoms with Gasteiger partial charge in [0.25, 0.3) is 5.91 Å². The molecule has 0 radical (unpaired) electrons. The molecule has 1 fully saturated rings. The van der Waals surface area contributed by atoms with Gasteiger partial charge >= 0.3 is 15.5 Å². The van der Waals surface area contributed by atoms with Crippen LogP contribution in [0.15, 0.2) is 60.8 Å². The number of amides is 1. The van der Waals surface area contributed by atoms with Crippen LogP contribution in [0.25, 0.3) is 11.1 Å². The van der Waals surface area contributed by atoms with Gasteiger partial charge < -0.3 is 9.47 Å². The van der Waals surface area contributed by atoms with Crippen LogP contribution in [-0.4, -0.2) is 31.4 Å². The van der Waals surface area contributed by atoms with Gasteiger partial charge in [-0.3, -0.25) is 4.79 Å². The summed E-state index contributed by atoms with van der Waals surface area (Å²) < 4.78 is 86.0. The highest BCUT2D eigenvalue weighted by molar-refractivity contribution is 7.90. The first-order chi connectivity index (χ1) is 17.0. The predicted molar refractivity (Wildman–Crippen MR) is 121 cm³/mol. The Kier molecular flexibility index (Phi) is 7.16. The van der Waals surface area contributed by atoms with E-state index < -0.39 is 32.8 Å². The van der Waals surface area contributed by atoms with E-state index in [0.29, 0.717) is 30.2 Å². The maximum atomic E-state index is 14.4. The minimum absolute atomic E-state index is 0.00876. The maximum Gasteiger partial charge on any atom is 0.516 e. The maximum absolute atomic E-state index is 14.4. The molecule has 2 aromatic carbocycles. The minimum Gasteiger partial charge on any atom is -0.489 e. The summed E-state index contributed by atoms with van der Waals surface area (Å²) in [4.78, 5) is 16.1. The van der Waals surface area contributed by atoms with Crippen LogP contribution in [0.5, 0.6) is 11.6 Å². The van der Waals surface area contributed by atoms with Crippen molar-refractivity contribution in [1.29, 1.82) is 0 Å². The summed E-state index contributed by atoms with van der Waals surface area (Å²) in [5.74, 6) is -0.983. The van der Waals surface area contributed by atoms with E-state index in [-0.39, 0.29) is 12.2 Å². The third-order valence-corrected chi connectivity index (χ3v) is 6.37. The number of rotatable bonds is 9. The largest absolute Gasteiger partial charge is 0.516 e. The third-order valence-electron chi connectivity index (χ3n) is 5.31. The van der Waals surface area contributed by atoms with Crippen molar-refractivity contribution in [2.24, 2.45) is 5.92 Å². The number of carbonyl (C=O) groups is 1. The molecular weight excluding hydrogens is 504 g/mol. The molecule has 0 atom stereocenters. The molecule has 0 aliphatic heterocycles. The molecule has 4 rings (SSSR count). The fourth-order valence-electron chi connectivity index (χ4n) is 3.10. The van der Waals surface area contributed by atoms with Gasteiger partial charge in [0.2, 0.25) is 5.88 Å². The normalized spacial score (nSPS) is 13.8. The van der Waals surface area contributed by atoms with Crippen molar-refractivity contribution in [2.75, 3.05) is 6.61 Å². The number of hydrogen-bond acceptors (Lipinski definition) is 6. The van der Waals surface area contributed by atoms with Crippen LogP contribution in [0.1, 0.15) is 28.8 Å². The molecule has 1 N–H and O–H groups in total. The lowest BCUT2D eigenvalue weighted by molar-refractivity contribution is -0.0446. The van der Waals surface area contributed by atoms with Crippen molar-refractivity contribution in [2.45, 2.75) is 25.0 Å². The zero-order valence-corrected chi connectivity index (χ0v) is 19.4. The number of hydrogen-bond donors (Lipinski definition) is 1. The summed E-state index contributed by atoms with van der Waals surface area (Å²) in [5, 5.41) is 0. The Morgan fingerprint density at radius 3 is 2.44 bits per heavy atom. The Morgan fingerprint density at radius 2 is 1.81 bits per heavy atom. The van der Waals surface area contributed by atoms with Crippen molar-refractivity contribution >= 4 is 15.9 Å². The Labute approximate surface area is 204 Å². The number of halogens is 4. The van der Waals surface area contributed by atoms with E-state index in [4.69, 9.17) is 9.47 Å². The van der Waals surface area contributed by atoms with Gasteiger partial charge in [0.15, 0.2) is 0 Å². The smallest absolute Gasteiger partial charge is 0.489 e. The van der Waals surface area contributed by atoms with E-state index >= 15 is 0 Å². The van der Waals surface area contributed by atoms with Gasteiger partial charge in [0, 0.05) is 29.0 Å². The quantitative estimate of drug-likeness (QED) is 0.403. The Bertz CT molecular complexity index is 1360. The van der Waals surface area contributed by atoms with E-state index in [9.17, 15) is 30.8 Å².